The number of halogens is 2. The SMILES string of the molecule is CCOc1ccc2[nH]c(-c3cc(Cl)ccc3Br)nc2n1. The summed E-state index contributed by atoms with van der Waals surface area (Å²) >= 11 is 9.53. The average molecular weight is 353 g/mol. The Hall–Kier alpha value is -1.59. The second kappa shape index (κ2) is 5.42. The van der Waals surface area contributed by atoms with Crippen molar-refractivity contribution < 1.29 is 4.74 Å². The van der Waals surface area contributed by atoms with Crippen LogP contribution in [0.25, 0.3) is 22.6 Å². The molecule has 0 spiro atoms. The van der Waals surface area contributed by atoms with E-state index in [1.807, 2.05) is 37.3 Å². The molecule has 102 valence electrons. The first-order chi connectivity index (χ1) is 9.67. The zero-order chi connectivity index (χ0) is 14.1. The third-order valence-corrected chi connectivity index (χ3v) is 3.72. The van der Waals surface area contributed by atoms with Crippen molar-refractivity contribution in [2.45, 2.75) is 6.92 Å². The number of imidazole rings is 1. The van der Waals surface area contributed by atoms with Crippen LogP contribution in [0.5, 0.6) is 5.88 Å². The normalized spacial score (nSPS) is 10.9. The van der Waals surface area contributed by atoms with Gasteiger partial charge < -0.3 is 9.72 Å². The van der Waals surface area contributed by atoms with Crippen LogP contribution in [0.4, 0.5) is 0 Å². The highest BCUT2D eigenvalue weighted by Crippen LogP contribution is 2.30. The molecule has 3 aromatic rings. The molecular weight excluding hydrogens is 342 g/mol. The number of nitrogens with one attached hydrogen (secondary N) is 1. The highest BCUT2D eigenvalue weighted by atomic mass is 79.9. The van der Waals surface area contributed by atoms with E-state index in [0.717, 1.165) is 21.4 Å². The van der Waals surface area contributed by atoms with Crippen LogP contribution in [0.1, 0.15) is 6.92 Å². The van der Waals surface area contributed by atoms with E-state index in [-0.39, 0.29) is 0 Å². The van der Waals surface area contributed by atoms with Gasteiger partial charge in [-0.25, -0.2) is 4.98 Å². The lowest BCUT2D eigenvalue weighted by molar-refractivity contribution is 0.328. The number of aromatic amines is 1. The van der Waals surface area contributed by atoms with E-state index in [1.165, 1.54) is 0 Å². The summed E-state index contributed by atoms with van der Waals surface area (Å²) in [5.41, 5.74) is 2.38. The van der Waals surface area contributed by atoms with Gasteiger partial charge in [-0.1, -0.05) is 27.5 Å². The topological polar surface area (TPSA) is 50.8 Å². The van der Waals surface area contributed by atoms with Crippen molar-refractivity contribution in [3.63, 3.8) is 0 Å². The van der Waals surface area contributed by atoms with Crippen LogP contribution in [0.2, 0.25) is 5.02 Å². The summed E-state index contributed by atoms with van der Waals surface area (Å²) < 4.78 is 6.30. The van der Waals surface area contributed by atoms with Crippen molar-refractivity contribution in [2.75, 3.05) is 6.61 Å². The minimum atomic E-state index is 0.572. The summed E-state index contributed by atoms with van der Waals surface area (Å²) in [6, 6.07) is 9.29. The molecule has 0 aliphatic heterocycles. The first-order valence-electron chi connectivity index (χ1n) is 6.12. The summed E-state index contributed by atoms with van der Waals surface area (Å²) in [5, 5.41) is 0.659. The molecule has 0 saturated heterocycles. The van der Waals surface area contributed by atoms with Gasteiger partial charge in [-0.3, -0.25) is 0 Å². The Morgan fingerprint density at radius 2 is 2.10 bits per heavy atom. The van der Waals surface area contributed by atoms with Crippen LogP contribution in [-0.4, -0.2) is 21.6 Å². The van der Waals surface area contributed by atoms with Gasteiger partial charge >= 0.3 is 0 Å². The van der Waals surface area contributed by atoms with Gasteiger partial charge in [-0.2, -0.15) is 4.98 Å². The maximum absolute atomic E-state index is 6.03. The van der Waals surface area contributed by atoms with Gasteiger partial charge in [0, 0.05) is 21.1 Å². The molecule has 0 amide bonds. The van der Waals surface area contributed by atoms with Crippen molar-refractivity contribution in [3.05, 3.63) is 39.8 Å². The zero-order valence-electron chi connectivity index (χ0n) is 10.7. The smallest absolute Gasteiger partial charge is 0.215 e. The number of hydrogen-bond acceptors (Lipinski definition) is 3. The Kier molecular flexibility index (Phi) is 3.63. The summed E-state index contributed by atoms with van der Waals surface area (Å²) in [7, 11) is 0. The maximum Gasteiger partial charge on any atom is 0.215 e. The molecule has 0 aliphatic carbocycles. The molecule has 6 heteroatoms. The molecule has 0 unspecified atom stereocenters. The second-order valence-electron chi connectivity index (χ2n) is 4.16. The molecule has 0 bridgehead atoms. The van der Waals surface area contributed by atoms with E-state index >= 15 is 0 Å². The van der Waals surface area contributed by atoms with E-state index in [0.29, 0.717) is 23.2 Å². The van der Waals surface area contributed by atoms with Gasteiger partial charge in [-0.05, 0) is 31.2 Å². The summed E-state index contributed by atoms with van der Waals surface area (Å²) in [6.45, 7) is 2.50. The van der Waals surface area contributed by atoms with E-state index < -0.39 is 0 Å². The number of H-pyrrole nitrogens is 1. The first-order valence-corrected chi connectivity index (χ1v) is 7.29. The molecule has 20 heavy (non-hydrogen) atoms. The molecule has 2 aromatic heterocycles. The number of pyridine rings is 1. The molecule has 0 atom stereocenters. The lowest BCUT2D eigenvalue weighted by atomic mass is 10.2. The van der Waals surface area contributed by atoms with Gasteiger partial charge in [0.05, 0.1) is 12.1 Å². The van der Waals surface area contributed by atoms with E-state index in [2.05, 4.69) is 30.9 Å². The molecule has 2 heterocycles. The summed E-state index contributed by atoms with van der Waals surface area (Å²) in [6.07, 6.45) is 0. The predicted molar refractivity (Wildman–Crippen MR) is 83.2 cm³/mol. The van der Waals surface area contributed by atoms with Crippen LogP contribution in [-0.2, 0) is 0 Å². The van der Waals surface area contributed by atoms with Gasteiger partial charge in [-0.15, -0.1) is 0 Å². The van der Waals surface area contributed by atoms with Crippen molar-refractivity contribution in [2.24, 2.45) is 0 Å². The van der Waals surface area contributed by atoms with Crippen LogP contribution in [0.15, 0.2) is 34.8 Å². The van der Waals surface area contributed by atoms with Crippen LogP contribution in [0, 0.1) is 0 Å². The minimum Gasteiger partial charge on any atom is -0.478 e. The lowest BCUT2D eigenvalue weighted by Crippen LogP contribution is -1.93. The number of benzene rings is 1. The van der Waals surface area contributed by atoms with Gasteiger partial charge in [0.15, 0.2) is 5.65 Å². The Morgan fingerprint density at radius 1 is 1.25 bits per heavy atom. The molecule has 0 fully saturated rings. The van der Waals surface area contributed by atoms with Crippen molar-refractivity contribution >= 4 is 38.7 Å². The highest BCUT2D eigenvalue weighted by molar-refractivity contribution is 9.10. The van der Waals surface area contributed by atoms with Crippen LogP contribution < -0.4 is 4.74 Å². The van der Waals surface area contributed by atoms with Crippen molar-refractivity contribution in [3.8, 4) is 17.3 Å². The summed E-state index contributed by atoms with van der Waals surface area (Å²) in [4.78, 5) is 12.1. The molecule has 0 aliphatic rings. The Morgan fingerprint density at radius 3 is 2.90 bits per heavy atom. The largest absolute Gasteiger partial charge is 0.478 e. The van der Waals surface area contributed by atoms with Gasteiger partial charge in [0.1, 0.15) is 5.82 Å². The van der Waals surface area contributed by atoms with Crippen molar-refractivity contribution in [1.82, 2.24) is 15.0 Å². The number of fused-ring (bicyclic) bond motifs is 1. The van der Waals surface area contributed by atoms with E-state index in [9.17, 15) is 0 Å². The molecular formula is C14H11BrClN3O. The number of ether oxygens (including phenoxy) is 1. The third-order valence-electron chi connectivity index (χ3n) is 2.80. The third kappa shape index (κ3) is 2.51. The van der Waals surface area contributed by atoms with Crippen molar-refractivity contribution in [1.29, 1.82) is 0 Å². The molecule has 1 aromatic carbocycles. The average Bonchev–Trinajstić information content (AvgIpc) is 2.85. The fraction of sp³-hybridized carbons (Fsp3) is 0.143. The molecule has 3 rings (SSSR count). The fourth-order valence-corrected chi connectivity index (χ4v) is 2.52. The molecule has 1 N–H and O–H groups in total. The summed E-state index contributed by atoms with van der Waals surface area (Å²) in [5.74, 6) is 1.29. The number of nitrogens with zero attached hydrogens (tertiary/aromatic N) is 2. The maximum atomic E-state index is 6.03. The lowest BCUT2D eigenvalue weighted by Gasteiger charge is -2.00. The minimum absolute atomic E-state index is 0.572. The van der Waals surface area contributed by atoms with Crippen LogP contribution >= 0.6 is 27.5 Å². The quantitative estimate of drug-likeness (QED) is 0.758. The molecule has 4 nitrogen and oxygen atoms in total. The van der Waals surface area contributed by atoms with E-state index in [1.54, 1.807) is 0 Å². The number of rotatable bonds is 3. The fourth-order valence-electron chi connectivity index (χ4n) is 1.91. The molecule has 0 radical (unpaired) electrons. The Balaban J connectivity index is 2.10. The Bertz CT molecular complexity index is 772. The van der Waals surface area contributed by atoms with E-state index in [4.69, 9.17) is 16.3 Å². The highest BCUT2D eigenvalue weighted by Gasteiger charge is 2.11. The predicted octanol–water partition coefficient (Wildman–Crippen LogP) is 4.44. The standard InChI is InChI=1S/C14H11BrClN3O/c1-2-20-12-6-5-11-14(18-12)19-13(17-11)9-7-8(16)3-4-10(9)15/h3-7H,2H2,1H3,(H,17,18,19). The zero-order valence-corrected chi connectivity index (χ0v) is 13.0. The van der Waals surface area contributed by atoms with Gasteiger partial charge in [0.2, 0.25) is 5.88 Å². The number of hydrogen-bond donors (Lipinski definition) is 1. The first kappa shape index (κ1) is 13.4. The number of aromatic nitrogens is 3. The van der Waals surface area contributed by atoms with Gasteiger partial charge in [0.25, 0.3) is 0 Å². The Labute approximate surface area is 129 Å². The van der Waals surface area contributed by atoms with Crippen LogP contribution in [0.3, 0.4) is 0 Å². The monoisotopic (exact) mass is 351 g/mol. The molecule has 0 saturated carbocycles. The second-order valence-corrected chi connectivity index (χ2v) is 5.45.